The van der Waals surface area contributed by atoms with E-state index in [1.54, 1.807) is 12.1 Å². The Morgan fingerprint density at radius 1 is 1.25 bits per heavy atom. The first kappa shape index (κ1) is 14.9. The van der Waals surface area contributed by atoms with Gasteiger partial charge in [0.25, 0.3) is 0 Å². The van der Waals surface area contributed by atoms with Crippen LogP contribution in [0, 0.1) is 0 Å². The smallest absolute Gasteiger partial charge is 0.226 e. The maximum atomic E-state index is 12.2. The minimum Gasteiger partial charge on any atom is -0.353 e. The minimum absolute atomic E-state index is 0.00376. The second-order valence-electron chi connectivity index (χ2n) is 5.16. The lowest BCUT2D eigenvalue weighted by Gasteiger charge is -2.32. The molecule has 1 saturated heterocycles. The average Bonchev–Trinajstić information content (AvgIpc) is 2.41. The molecule has 0 aromatic heterocycles. The molecule has 20 heavy (non-hydrogen) atoms. The molecule has 0 spiro atoms. The summed E-state index contributed by atoms with van der Waals surface area (Å²) in [6, 6.07) is 7.56. The zero-order chi connectivity index (χ0) is 14.5. The highest BCUT2D eigenvalue weighted by Crippen LogP contribution is 2.14. The van der Waals surface area contributed by atoms with Crippen molar-refractivity contribution in [2.24, 2.45) is 0 Å². The Hall–Kier alpha value is -1.55. The van der Waals surface area contributed by atoms with Crippen molar-refractivity contribution in [2.45, 2.75) is 32.2 Å². The molecule has 1 aromatic rings. The standard InChI is InChI=1S/C15H19ClN2O2/c1-11(19)17-14-6-8-18(9-7-14)15(20)10-12-2-4-13(16)5-3-12/h2-5,14H,6-10H2,1H3,(H,17,19). The lowest BCUT2D eigenvalue weighted by molar-refractivity contribution is -0.131. The number of hydrogen-bond donors (Lipinski definition) is 1. The zero-order valence-corrected chi connectivity index (χ0v) is 12.3. The number of piperidine rings is 1. The van der Waals surface area contributed by atoms with Gasteiger partial charge in [0.15, 0.2) is 0 Å². The van der Waals surface area contributed by atoms with Crippen LogP contribution in [0.4, 0.5) is 0 Å². The third kappa shape index (κ3) is 4.23. The summed E-state index contributed by atoms with van der Waals surface area (Å²) in [5, 5.41) is 3.58. The van der Waals surface area contributed by atoms with Crippen molar-refractivity contribution >= 4 is 23.4 Å². The lowest BCUT2D eigenvalue weighted by Crippen LogP contribution is -2.46. The monoisotopic (exact) mass is 294 g/mol. The van der Waals surface area contributed by atoms with Crippen LogP contribution in [0.15, 0.2) is 24.3 Å². The number of nitrogens with zero attached hydrogens (tertiary/aromatic N) is 1. The summed E-state index contributed by atoms with van der Waals surface area (Å²) in [7, 11) is 0. The molecule has 0 bridgehead atoms. The molecule has 1 heterocycles. The first-order valence-corrected chi connectivity index (χ1v) is 7.21. The minimum atomic E-state index is -0.00376. The number of halogens is 1. The van der Waals surface area contributed by atoms with E-state index in [-0.39, 0.29) is 17.9 Å². The van der Waals surface area contributed by atoms with Gasteiger partial charge in [0, 0.05) is 31.1 Å². The molecule has 1 N–H and O–H groups in total. The van der Waals surface area contributed by atoms with E-state index in [1.807, 2.05) is 17.0 Å². The van der Waals surface area contributed by atoms with E-state index in [0.717, 1.165) is 18.4 Å². The fourth-order valence-corrected chi connectivity index (χ4v) is 2.58. The molecule has 1 aromatic carbocycles. The van der Waals surface area contributed by atoms with Gasteiger partial charge in [-0.15, -0.1) is 0 Å². The van der Waals surface area contributed by atoms with Gasteiger partial charge in [0.05, 0.1) is 6.42 Å². The number of carbonyl (C=O) groups is 2. The Morgan fingerprint density at radius 3 is 2.40 bits per heavy atom. The van der Waals surface area contributed by atoms with Crippen molar-refractivity contribution in [3.8, 4) is 0 Å². The fourth-order valence-electron chi connectivity index (χ4n) is 2.45. The molecular formula is C15H19ClN2O2. The molecule has 1 aliphatic rings. The van der Waals surface area contributed by atoms with Crippen molar-refractivity contribution in [1.29, 1.82) is 0 Å². The van der Waals surface area contributed by atoms with Crippen LogP contribution >= 0.6 is 11.6 Å². The Bertz CT molecular complexity index is 479. The Labute approximate surface area is 124 Å². The van der Waals surface area contributed by atoms with E-state index in [2.05, 4.69) is 5.32 Å². The number of nitrogens with one attached hydrogen (secondary N) is 1. The van der Waals surface area contributed by atoms with Gasteiger partial charge in [0.2, 0.25) is 11.8 Å². The highest BCUT2D eigenvalue weighted by molar-refractivity contribution is 6.30. The number of amides is 2. The predicted molar refractivity (Wildman–Crippen MR) is 78.6 cm³/mol. The van der Waals surface area contributed by atoms with Gasteiger partial charge >= 0.3 is 0 Å². The second-order valence-corrected chi connectivity index (χ2v) is 5.60. The van der Waals surface area contributed by atoms with Gasteiger partial charge in [-0.3, -0.25) is 9.59 Å². The summed E-state index contributed by atoms with van der Waals surface area (Å²) >= 11 is 5.82. The van der Waals surface area contributed by atoms with E-state index in [9.17, 15) is 9.59 Å². The van der Waals surface area contributed by atoms with Gasteiger partial charge in [-0.25, -0.2) is 0 Å². The van der Waals surface area contributed by atoms with Crippen molar-refractivity contribution in [2.75, 3.05) is 13.1 Å². The third-order valence-corrected chi connectivity index (χ3v) is 3.78. The maximum Gasteiger partial charge on any atom is 0.226 e. The molecule has 108 valence electrons. The van der Waals surface area contributed by atoms with Crippen LogP contribution < -0.4 is 5.32 Å². The summed E-state index contributed by atoms with van der Waals surface area (Å²) in [5.41, 5.74) is 0.975. The topological polar surface area (TPSA) is 49.4 Å². The third-order valence-electron chi connectivity index (χ3n) is 3.52. The average molecular weight is 295 g/mol. The first-order chi connectivity index (χ1) is 9.54. The number of rotatable bonds is 3. The van der Waals surface area contributed by atoms with Crippen LogP contribution in [0.2, 0.25) is 5.02 Å². The molecule has 4 nitrogen and oxygen atoms in total. The van der Waals surface area contributed by atoms with Gasteiger partial charge in [-0.2, -0.15) is 0 Å². The van der Waals surface area contributed by atoms with Crippen LogP contribution in [0.5, 0.6) is 0 Å². The Balaban J connectivity index is 1.82. The van der Waals surface area contributed by atoms with E-state index in [4.69, 9.17) is 11.6 Å². The number of benzene rings is 1. The van der Waals surface area contributed by atoms with Crippen LogP contribution in [0.1, 0.15) is 25.3 Å². The quantitative estimate of drug-likeness (QED) is 0.927. The molecule has 5 heteroatoms. The molecule has 2 rings (SSSR count). The maximum absolute atomic E-state index is 12.2. The molecule has 1 fully saturated rings. The summed E-state index contributed by atoms with van der Waals surface area (Å²) in [6.07, 6.45) is 2.06. The van der Waals surface area contributed by atoms with Crippen molar-refractivity contribution < 1.29 is 9.59 Å². The van der Waals surface area contributed by atoms with Gasteiger partial charge in [0.1, 0.15) is 0 Å². The lowest BCUT2D eigenvalue weighted by atomic mass is 10.0. The Kier molecular flexibility index (Phi) is 5.01. The molecular weight excluding hydrogens is 276 g/mol. The second kappa shape index (κ2) is 6.75. The molecule has 0 aliphatic carbocycles. The molecule has 0 unspecified atom stereocenters. The molecule has 0 atom stereocenters. The van der Waals surface area contributed by atoms with Crippen LogP contribution in [-0.2, 0) is 16.0 Å². The first-order valence-electron chi connectivity index (χ1n) is 6.84. The van der Waals surface area contributed by atoms with Crippen molar-refractivity contribution in [1.82, 2.24) is 10.2 Å². The number of likely N-dealkylation sites (tertiary alicyclic amines) is 1. The predicted octanol–water partition coefficient (Wildman–Crippen LogP) is 2.01. The molecule has 2 amide bonds. The largest absolute Gasteiger partial charge is 0.353 e. The highest BCUT2D eigenvalue weighted by atomic mass is 35.5. The van der Waals surface area contributed by atoms with Gasteiger partial charge in [-0.05, 0) is 30.5 Å². The fraction of sp³-hybridized carbons (Fsp3) is 0.467. The summed E-state index contributed by atoms with van der Waals surface area (Å²) < 4.78 is 0. The summed E-state index contributed by atoms with van der Waals surface area (Å²) in [4.78, 5) is 25.0. The normalized spacial score (nSPS) is 16.0. The SMILES string of the molecule is CC(=O)NC1CCN(C(=O)Cc2ccc(Cl)cc2)CC1. The van der Waals surface area contributed by atoms with Gasteiger partial charge in [-0.1, -0.05) is 23.7 Å². The van der Waals surface area contributed by atoms with E-state index < -0.39 is 0 Å². The summed E-state index contributed by atoms with van der Waals surface area (Å²) in [6.45, 7) is 2.94. The summed E-state index contributed by atoms with van der Waals surface area (Å²) in [5.74, 6) is 0.129. The van der Waals surface area contributed by atoms with E-state index in [0.29, 0.717) is 24.5 Å². The number of hydrogen-bond acceptors (Lipinski definition) is 2. The highest BCUT2D eigenvalue weighted by Gasteiger charge is 2.23. The Morgan fingerprint density at radius 2 is 1.85 bits per heavy atom. The van der Waals surface area contributed by atoms with Crippen LogP contribution in [-0.4, -0.2) is 35.8 Å². The van der Waals surface area contributed by atoms with Gasteiger partial charge < -0.3 is 10.2 Å². The molecule has 0 saturated carbocycles. The number of carbonyl (C=O) groups excluding carboxylic acids is 2. The molecule has 1 aliphatic heterocycles. The van der Waals surface area contributed by atoms with E-state index >= 15 is 0 Å². The van der Waals surface area contributed by atoms with Crippen LogP contribution in [0.25, 0.3) is 0 Å². The molecule has 0 radical (unpaired) electrons. The zero-order valence-electron chi connectivity index (χ0n) is 11.6. The van der Waals surface area contributed by atoms with E-state index in [1.165, 1.54) is 6.92 Å². The van der Waals surface area contributed by atoms with Crippen LogP contribution in [0.3, 0.4) is 0 Å². The van der Waals surface area contributed by atoms with Crippen molar-refractivity contribution in [3.63, 3.8) is 0 Å². The van der Waals surface area contributed by atoms with Crippen molar-refractivity contribution in [3.05, 3.63) is 34.9 Å².